The Morgan fingerprint density at radius 1 is 1.35 bits per heavy atom. The van der Waals surface area contributed by atoms with Crippen LogP contribution < -0.4 is 16.0 Å². The predicted octanol–water partition coefficient (Wildman–Crippen LogP) is 2.66. The van der Waals surface area contributed by atoms with Crippen molar-refractivity contribution < 1.29 is 4.79 Å². The Morgan fingerprint density at radius 3 is 2.55 bits per heavy atom. The molecule has 1 aromatic carbocycles. The van der Waals surface area contributed by atoms with Crippen LogP contribution in [0.15, 0.2) is 18.2 Å². The van der Waals surface area contributed by atoms with E-state index in [0.717, 1.165) is 24.3 Å². The van der Waals surface area contributed by atoms with Crippen LogP contribution in [0.25, 0.3) is 0 Å². The molecule has 4 nitrogen and oxygen atoms in total. The predicted molar refractivity (Wildman–Crippen MR) is 84.1 cm³/mol. The summed E-state index contributed by atoms with van der Waals surface area (Å²) in [5, 5.41) is 2.95. The third-order valence-electron chi connectivity index (χ3n) is 3.57. The van der Waals surface area contributed by atoms with E-state index in [9.17, 15) is 4.79 Å². The van der Waals surface area contributed by atoms with Gasteiger partial charge in [0.15, 0.2) is 0 Å². The molecule has 4 heteroatoms. The van der Waals surface area contributed by atoms with Crippen LogP contribution >= 0.6 is 0 Å². The molecular formula is C16H25N3O. The van der Waals surface area contributed by atoms with Crippen molar-refractivity contribution in [1.29, 1.82) is 0 Å². The minimum absolute atomic E-state index is 0.0328. The number of carbonyl (C=O) groups is 1. The highest BCUT2D eigenvalue weighted by molar-refractivity contribution is 5.92. The SMILES string of the molecule is Cc1cc(N2CCCC2)ccc1NC(=O)CC(C)(C)N. The van der Waals surface area contributed by atoms with Crippen LogP contribution in [0.2, 0.25) is 0 Å². The Kier molecular flexibility index (Phi) is 4.33. The van der Waals surface area contributed by atoms with Crippen molar-refractivity contribution in [2.75, 3.05) is 23.3 Å². The van der Waals surface area contributed by atoms with Crippen molar-refractivity contribution in [3.63, 3.8) is 0 Å². The summed E-state index contributed by atoms with van der Waals surface area (Å²) >= 11 is 0. The van der Waals surface area contributed by atoms with Gasteiger partial charge in [-0.1, -0.05) is 0 Å². The summed E-state index contributed by atoms with van der Waals surface area (Å²) in [6, 6.07) is 6.22. The molecule has 1 heterocycles. The van der Waals surface area contributed by atoms with Gasteiger partial charge in [0.25, 0.3) is 0 Å². The Labute approximate surface area is 121 Å². The van der Waals surface area contributed by atoms with Crippen LogP contribution in [0.5, 0.6) is 0 Å². The largest absolute Gasteiger partial charge is 0.372 e. The smallest absolute Gasteiger partial charge is 0.226 e. The average molecular weight is 275 g/mol. The van der Waals surface area contributed by atoms with Gasteiger partial charge in [0.05, 0.1) is 0 Å². The molecule has 0 saturated carbocycles. The van der Waals surface area contributed by atoms with Crippen molar-refractivity contribution in [2.45, 2.75) is 45.6 Å². The molecule has 0 bridgehead atoms. The Hall–Kier alpha value is -1.55. The van der Waals surface area contributed by atoms with Crippen LogP contribution in [0.3, 0.4) is 0 Å². The molecule has 3 N–H and O–H groups in total. The lowest BCUT2D eigenvalue weighted by molar-refractivity contribution is -0.117. The van der Waals surface area contributed by atoms with E-state index in [-0.39, 0.29) is 5.91 Å². The second kappa shape index (κ2) is 5.83. The van der Waals surface area contributed by atoms with Gasteiger partial charge in [-0.15, -0.1) is 0 Å². The second-order valence-corrected chi connectivity index (χ2v) is 6.41. The molecule has 1 fully saturated rings. The Bertz CT molecular complexity index is 485. The number of amides is 1. The zero-order valence-corrected chi connectivity index (χ0v) is 12.7. The van der Waals surface area contributed by atoms with E-state index < -0.39 is 5.54 Å². The van der Waals surface area contributed by atoms with Crippen LogP contribution in [0, 0.1) is 6.92 Å². The summed E-state index contributed by atoms with van der Waals surface area (Å²) in [4.78, 5) is 14.3. The molecule has 1 aliphatic heterocycles. The molecular weight excluding hydrogens is 250 g/mol. The molecule has 0 aromatic heterocycles. The van der Waals surface area contributed by atoms with Gasteiger partial charge in [-0.2, -0.15) is 0 Å². The fourth-order valence-corrected chi connectivity index (χ4v) is 2.57. The van der Waals surface area contributed by atoms with Gasteiger partial charge < -0.3 is 16.0 Å². The van der Waals surface area contributed by atoms with Gasteiger partial charge in [-0.25, -0.2) is 0 Å². The number of benzene rings is 1. The highest BCUT2D eigenvalue weighted by atomic mass is 16.1. The number of aryl methyl sites for hydroxylation is 1. The fraction of sp³-hybridized carbons (Fsp3) is 0.562. The molecule has 1 saturated heterocycles. The number of hydrogen-bond donors (Lipinski definition) is 2. The number of nitrogens with zero attached hydrogens (tertiary/aromatic N) is 1. The number of hydrogen-bond acceptors (Lipinski definition) is 3. The standard InChI is InChI=1S/C16H25N3O/c1-12-10-13(19-8-4-5-9-19)6-7-14(12)18-15(20)11-16(2,3)17/h6-7,10H,4-5,8-9,11,17H2,1-3H3,(H,18,20). The quantitative estimate of drug-likeness (QED) is 0.888. The van der Waals surface area contributed by atoms with Gasteiger partial charge >= 0.3 is 0 Å². The first-order chi connectivity index (χ1) is 9.35. The summed E-state index contributed by atoms with van der Waals surface area (Å²) in [7, 11) is 0. The minimum Gasteiger partial charge on any atom is -0.372 e. The maximum absolute atomic E-state index is 11.9. The number of nitrogens with one attached hydrogen (secondary N) is 1. The molecule has 1 amide bonds. The van der Waals surface area contributed by atoms with E-state index in [1.807, 2.05) is 26.8 Å². The molecule has 0 radical (unpaired) electrons. The molecule has 0 aliphatic carbocycles. The van der Waals surface area contributed by atoms with E-state index in [1.165, 1.54) is 18.5 Å². The van der Waals surface area contributed by atoms with Crippen LogP contribution in [-0.2, 0) is 4.79 Å². The Balaban J connectivity index is 2.04. The van der Waals surface area contributed by atoms with Crippen molar-refractivity contribution in [3.05, 3.63) is 23.8 Å². The van der Waals surface area contributed by atoms with Crippen molar-refractivity contribution in [2.24, 2.45) is 5.73 Å². The van der Waals surface area contributed by atoms with Crippen molar-refractivity contribution in [3.8, 4) is 0 Å². The van der Waals surface area contributed by atoms with E-state index in [4.69, 9.17) is 5.73 Å². The zero-order valence-electron chi connectivity index (χ0n) is 12.7. The fourth-order valence-electron chi connectivity index (χ4n) is 2.57. The summed E-state index contributed by atoms with van der Waals surface area (Å²) < 4.78 is 0. The average Bonchev–Trinajstić information content (AvgIpc) is 2.82. The molecule has 1 aliphatic rings. The summed E-state index contributed by atoms with van der Waals surface area (Å²) in [5.74, 6) is -0.0328. The molecule has 2 rings (SSSR count). The first kappa shape index (κ1) is 14.9. The number of anilines is 2. The number of nitrogens with two attached hydrogens (primary N) is 1. The molecule has 0 spiro atoms. The van der Waals surface area contributed by atoms with Gasteiger partial charge in [0.2, 0.25) is 5.91 Å². The number of rotatable bonds is 4. The molecule has 1 aromatic rings. The highest BCUT2D eigenvalue weighted by Gasteiger charge is 2.17. The van der Waals surface area contributed by atoms with Gasteiger partial charge in [0.1, 0.15) is 0 Å². The van der Waals surface area contributed by atoms with Crippen LogP contribution in [-0.4, -0.2) is 24.5 Å². The molecule has 110 valence electrons. The molecule has 0 unspecified atom stereocenters. The highest BCUT2D eigenvalue weighted by Crippen LogP contribution is 2.25. The lowest BCUT2D eigenvalue weighted by atomic mass is 10.0. The van der Waals surface area contributed by atoms with Crippen LogP contribution in [0.1, 0.15) is 38.7 Å². The lowest BCUT2D eigenvalue weighted by Gasteiger charge is -2.20. The first-order valence-electron chi connectivity index (χ1n) is 7.29. The first-order valence-corrected chi connectivity index (χ1v) is 7.29. The van der Waals surface area contributed by atoms with E-state index in [2.05, 4.69) is 22.3 Å². The number of carbonyl (C=O) groups excluding carboxylic acids is 1. The van der Waals surface area contributed by atoms with E-state index in [0.29, 0.717) is 6.42 Å². The van der Waals surface area contributed by atoms with Crippen molar-refractivity contribution >= 4 is 17.3 Å². The Morgan fingerprint density at radius 2 is 2.00 bits per heavy atom. The maximum atomic E-state index is 11.9. The second-order valence-electron chi connectivity index (χ2n) is 6.41. The van der Waals surface area contributed by atoms with E-state index in [1.54, 1.807) is 0 Å². The van der Waals surface area contributed by atoms with E-state index >= 15 is 0 Å². The third kappa shape index (κ3) is 3.97. The van der Waals surface area contributed by atoms with Gasteiger partial charge in [-0.3, -0.25) is 4.79 Å². The lowest BCUT2D eigenvalue weighted by Crippen LogP contribution is -2.36. The zero-order chi connectivity index (χ0) is 14.8. The molecule has 0 atom stereocenters. The third-order valence-corrected chi connectivity index (χ3v) is 3.57. The summed E-state index contributed by atoms with van der Waals surface area (Å²) in [6.07, 6.45) is 2.85. The monoisotopic (exact) mass is 275 g/mol. The summed E-state index contributed by atoms with van der Waals surface area (Å²) in [6.45, 7) is 8.01. The van der Waals surface area contributed by atoms with Crippen LogP contribution in [0.4, 0.5) is 11.4 Å². The van der Waals surface area contributed by atoms with Crippen molar-refractivity contribution in [1.82, 2.24) is 0 Å². The van der Waals surface area contributed by atoms with Gasteiger partial charge in [-0.05, 0) is 57.4 Å². The maximum Gasteiger partial charge on any atom is 0.226 e. The van der Waals surface area contributed by atoms with Gasteiger partial charge in [0, 0.05) is 36.4 Å². The topological polar surface area (TPSA) is 58.4 Å². The normalized spacial score (nSPS) is 15.5. The minimum atomic E-state index is -0.479. The summed E-state index contributed by atoms with van der Waals surface area (Å²) in [5.41, 5.74) is 8.61. The molecule has 20 heavy (non-hydrogen) atoms.